The zero-order valence-corrected chi connectivity index (χ0v) is 21.1. The van der Waals surface area contributed by atoms with Crippen molar-refractivity contribution in [1.29, 1.82) is 0 Å². The lowest BCUT2D eigenvalue weighted by Crippen LogP contribution is -2.47. The Labute approximate surface area is 220 Å². The second kappa shape index (κ2) is 9.23. The Balaban J connectivity index is 1.05. The molecule has 0 aliphatic carbocycles. The molecule has 184 valence electrons. The molecule has 2 saturated heterocycles. The van der Waals surface area contributed by atoms with Gasteiger partial charge in [0.1, 0.15) is 0 Å². The van der Waals surface area contributed by atoms with Crippen LogP contribution in [0.1, 0.15) is 36.1 Å². The molecule has 0 spiro atoms. The molecule has 37 heavy (non-hydrogen) atoms. The molecule has 8 heteroatoms. The molecule has 2 aliphatic heterocycles. The average Bonchev–Trinajstić information content (AvgIpc) is 2.93. The fourth-order valence-corrected chi connectivity index (χ4v) is 5.77. The fraction of sp³-hybridized carbons (Fsp3) is 0.276. The van der Waals surface area contributed by atoms with Gasteiger partial charge in [-0.15, -0.1) is 0 Å². The molecule has 0 unspecified atom stereocenters. The van der Waals surface area contributed by atoms with Crippen LogP contribution in [0.3, 0.4) is 0 Å². The van der Waals surface area contributed by atoms with Crippen LogP contribution < -0.4 is 9.80 Å². The van der Waals surface area contributed by atoms with Crippen LogP contribution in [0.25, 0.3) is 21.8 Å². The van der Waals surface area contributed by atoms with Gasteiger partial charge in [-0.2, -0.15) is 0 Å². The van der Waals surface area contributed by atoms with Crippen molar-refractivity contribution in [2.45, 2.75) is 24.7 Å². The maximum absolute atomic E-state index is 6.36. The summed E-state index contributed by atoms with van der Waals surface area (Å²) in [5.74, 6) is 2.50. The number of benzene rings is 2. The van der Waals surface area contributed by atoms with Gasteiger partial charge in [-0.1, -0.05) is 48.0 Å². The first-order valence-electron chi connectivity index (χ1n) is 12.8. The zero-order valence-electron chi connectivity index (χ0n) is 20.3. The molecular formula is C29H26ClN7. The van der Waals surface area contributed by atoms with E-state index in [1.165, 1.54) is 11.1 Å². The molecule has 5 heterocycles. The first kappa shape index (κ1) is 22.4. The van der Waals surface area contributed by atoms with E-state index in [2.05, 4.69) is 51.2 Å². The molecule has 3 aromatic heterocycles. The van der Waals surface area contributed by atoms with E-state index < -0.39 is 0 Å². The quantitative estimate of drug-likeness (QED) is 0.313. The number of hydrogen-bond donors (Lipinski definition) is 0. The topological polar surface area (TPSA) is 70.9 Å². The lowest BCUT2D eigenvalue weighted by Gasteiger charge is -2.41. The van der Waals surface area contributed by atoms with Crippen LogP contribution in [0.4, 0.5) is 11.8 Å². The monoisotopic (exact) mass is 507 g/mol. The summed E-state index contributed by atoms with van der Waals surface area (Å²) >= 11 is 6.36. The Hall–Kier alpha value is -3.84. The molecule has 0 amide bonds. The molecule has 2 aliphatic rings. The molecule has 7 nitrogen and oxygen atoms in total. The second-order valence-electron chi connectivity index (χ2n) is 9.90. The van der Waals surface area contributed by atoms with E-state index in [-0.39, 0.29) is 0 Å². The van der Waals surface area contributed by atoms with Crippen LogP contribution in [-0.4, -0.2) is 51.1 Å². The average molecular weight is 508 g/mol. The van der Waals surface area contributed by atoms with Crippen LogP contribution in [0.5, 0.6) is 0 Å². The van der Waals surface area contributed by atoms with Crippen molar-refractivity contribution in [3.05, 3.63) is 89.6 Å². The highest BCUT2D eigenvalue weighted by molar-refractivity contribution is 6.35. The van der Waals surface area contributed by atoms with E-state index in [4.69, 9.17) is 31.5 Å². The Morgan fingerprint density at radius 2 is 1.54 bits per heavy atom. The van der Waals surface area contributed by atoms with Crippen LogP contribution in [0.15, 0.2) is 73.2 Å². The summed E-state index contributed by atoms with van der Waals surface area (Å²) in [6, 6.07) is 18.5. The van der Waals surface area contributed by atoms with Crippen molar-refractivity contribution in [3.63, 3.8) is 0 Å². The van der Waals surface area contributed by atoms with Crippen molar-refractivity contribution in [2.24, 2.45) is 0 Å². The molecule has 0 bridgehead atoms. The molecule has 0 radical (unpaired) electrons. The summed E-state index contributed by atoms with van der Waals surface area (Å²) in [5.41, 5.74) is 4.13. The van der Waals surface area contributed by atoms with Gasteiger partial charge in [-0.05, 0) is 31.0 Å². The van der Waals surface area contributed by atoms with Crippen molar-refractivity contribution in [1.82, 2.24) is 24.9 Å². The smallest absolute Gasteiger partial charge is 0.225 e. The Bertz CT molecular complexity index is 1590. The van der Waals surface area contributed by atoms with E-state index in [9.17, 15) is 0 Å². The van der Waals surface area contributed by atoms with Crippen LogP contribution >= 0.6 is 11.6 Å². The number of piperidine rings is 1. The van der Waals surface area contributed by atoms with Gasteiger partial charge >= 0.3 is 0 Å². The van der Waals surface area contributed by atoms with Gasteiger partial charge in [-0.25, -0.2) is 15.0 Å². The van der Waals surface area contributed by atoms with E-state index in [0.29, 0.717) is 22.8 Å². The largest absolute Gasteiger partial charge is 0.355 e. The number of hydrogen-bond acceptors (Lipinski definition) is 7. The van der Waals surface area contributed by atoms with Crippen molar-refractivity contribution < 1.29 is 0 Å². The number of pyridine rings is 1. The summed E-state index contributed by atoms with van der Waals surface area (Å²) in [4.78, 5) is 28.4. The number of fused-ring (bicyclic) bond motifs is 2. The van der Waals surface area contributed by atoms with Gasteiger partial charge in [-0.3, -0.25) is 9.97 Å². The van der Waals surface area contributed by atoms with Gasteiger partial charge in [0.25, 0.3) is 0 Å². The number of anilines is 2. The van der Waals surface area contributed by atoms with Crippen molar-refractivity contribution in [3.8, 4) is 0 Å². The molecule has 5 aromatic rings. The van der Waals surface area contributed by atoms with Crippen LogP contribution in [0.2, 0.25) is 5.02 Å². The van der Waals surface area contributed by atoms with E-state index in [1.54, 1.807) is 12.4 Å². The normalized spacial score (nSPS) is 16.9. The minimum Gasteiger partial charge on any atom is -0.355 e. The summed E-state index contributed by atoms with van der Waals surface area (Å²) in [5, 5.41) is 2.79. The van der Waals surface area contributed by atoms with Gasteiger partial charge in [0, 0.05) is 73.1 Å². The minimum absolute atomic E-state index is 0.300. The molecule has 7 rings (SSSR count). The standard InChI is InChI=1S/C29H26ClN7/c30-23-6-3-5-21-16-33-29(35-26(21)23)37-17-22(18-37)27-28(32-13-12-31-27)36-14-10-20(11-15-36)25-9-8-19-4-1-2-7-24(19)34-25/h1-9,12-13,16,20,22H,10-11,14-15,17-18H2. The highest BCUT2D eigenvalue weighted by atomic mass is 35.5. The first-order valence-corrected chi connectivity index (χ1v) is 13.2. The SMILES string of the molecule is Clc1cccc2cnc(N3CC(c4nccnc4N4CCC(c5ccc6ccccc6n5)CC4)C3)nc12. The van der Waals surface area contributed by atoms with Crippen molar-refractivity contribution in [2.75, 3.05) is 36.0 Å². The highest BCUT2D eigenvalue weighted by Gasteiger charge is 2.35. The maximum atomic E-state index is 6.36. The lowest BCUT2D eigenvalue weighted by atomic mass is 9.91. The third-order valence-corrected chi connectivity index (χ3v) is 7.94. The van der Waals surface area contributed by atoms with Crippen LogP contribution in [-0.2, 0) is 0 Å². The number of aromatic nitrogens is 5. The summed E-state index contributed by atoms with van der Waals surface area (Å²) < 4.78 is 0. The van der Waals surface area contributed by atoms with Crippen LogP contribution in [0, 0.1) is 0 Å². The van der Waals surface area contributed by atoms with E-state index in [1.807, 2.05) is 24.4 Å². The van der Waals surface area contributed by atoms with Gasteiger partial charge < -0.3 is 9.80 Å². The van der Waals surface area contributed by atoms with Gasteiger partial charge in [0.15, 0.2) is 5.82 Å². The minimum atomic E-state index is 0.300. The molecule has 0 saturated carbocycles. The highest BCUT2D eigenvalue weighted by Crippen LogP contribution is 2.36. The second-order valence-corrected chi connectivity index (χ2v) is 10.3. The summed E-state index contributed by atoms with van der Waals surface area (Å²) in [7, 11) is 0. The molecule has 0 N–H and O–H groups in total. The Morgan fingerprint density at radius 1 is 0.730 bits per heavy atom. The number of nitrogens with zero attached hydrogens (tertiary/aromatic N) is 7. The molecule has 0 atom stereocenters. The first-order chi connectivity index (χ1) is 18.2. The third kappa shape index (κ3) is 4.13. The van der Waals surface area contributed by atoms with Gasteiger partial charge in [0.05, 0.1) is 21.7 Å². The third-order valence-electron chi connectivity index (χ3n) is 7.64. The number of halogens is 1. The molecule has 2 fully saturated rings. The predicted molar refractivity (Wildman–Crippen MR) is 147 cm³/mol. The lowest BCUT2D eigenvalue weighted by molar-refractivity contribution is 0.478. The Kier molecular flexibility index (Phi) is 5.58. The summed E-state index contributed by atoms with van der Waals surface area (Å²) in [6.45, 7) is 3.54. The number of para-hydroxylation sites is 2. The van der Waals surface area contributed by atoms with Crippen molar-refractivity contribution >= 4 is 45.2 Å². The Morgan fingerprint density at radius 3 is 2.43 bits per heavy atom. The number of rotatable bonds is 4. The maximum Gasteiger partial charge on any atom is 0.225 e. The summed E-state index contributed by atoms with van der Waals surface area (Å²) in [6.07, 6.45) is 7.58. The zero-order chi connectivity index (χ0) is 24.8. The van der Waals surface area contributed by atoms with E-state index >= 15 is 0 Å². The van der Waals surface area contributed by atoms with Gasteiger partial charge in [0.2, 0.25) is 5.95 Å². The predicted octanol–water partition coefficient (Wildman–Crippen LogP) is 5.61. The fourth-order valence-electron chi connectivity index (χ4n) is 5.55. The van der Waals surface area contributed by atoms with E-state index in [0.717, 1.165) is 67.0 Å². The molecule has 2 aromatic carbocycles. The molecular weight excluding hydrogens is 482 g/mol.